The Balaban J connectivity index is 2.36. The topological polar surface area (TPSA) is 33.2 Å². The van der Waals surface area contributed by atoms with Gasteiger partial charge in [0.15, 0.2) is 5.78 Å². The lowest BCUT2D eigenvalue weighted by Crippen LogP contribution is -2.48. The van der Waals surface area contributed by atoms with Crippen LogP contribution < -0.4 is 4.90 Å². The van der Waals surface area contributed by atoms with E-state index in [9.17, 15) is 9.18 Å². The van der Waals surface area contributed by atoms with Gasteiger partial charge in [0.05, 0.1) is 13.1 Å². The lowest BCUT2D eigenvalue weighted by atomic mass is 10.1. The maximum absolute atomic E-state index is 13.6. The SMILES string of the molecule is C=CC(F)c1cc(Br)cnc1N1CC(=O)C1. The van der Waals surface area contributed by atoms with Gasteiger partial charge < -0.3 is 4.90 Å². The predicted octanol–water partition coefficient (Wildman–Crippen LogP) is 2.43. The summed E-state index contributed by atoms with van der Waals surface area (Å²) in [5, 5.41) is 0. The van der Waals surface area contributed by atoms with E-state index in [1.165, 1.54) is 6.08 Å². The first-order chi connectivity index (χ1) is 7.61. The Morgan fingerprint density at radius 1 is 1.62 bits per heavy atom. The van der Waals surface area contributed by atoms with Crippen molar-refractivity contribution in [3.8, 4) is 0 Å². The van der Waals surface area contributed by atoms with Crippen molar-refractivity contribution < 1.29 is 9.18 Å². The molecule has 0 aromatic carbocycles. The van der Waals surface area contributed by atoms with Crippen LogP contribution in [0.15, 0.2) is 29.4 Å². The van der Waals surface area contributed by atoms with Crippen LogP contribution in [0, 0.1) is 0 Å². The third kappa shape index (κ3) is 2.00. The number of nitrogens with zero attached hydrogens (tertiary/aromatic N) is 2. The highest BCUT2D eigenvalue weighted by Crippen LogP contribution is 2.31. The number of ketones is 1. The van der Waals surface area contributed by atoms with Gasteiger partial charge in [-0.05, 0) is 22.0 Å². The number of Topliss-reactive ketones (excluding diaryl/α,β-unsaturated/α-hetero) is 1. The fourth-order valence-electron chi connectivity index (χ4n) is 1.57. The average molecular weight is 285 g/mol. The van der Waals surface area contributed by atoms with Crippen molar-refractivity contribution in [2.24, 2.45) is 0 Å². The average Bonchev–Trinajstić information content (AvgIpc) is 2.24. The second-order valence-electron chi connectivity index (χ2n) is 3.60. The number of rotatable bonds is 3. The van der Waals surface area contributed by atoms with E-state index in [2.05, 4.69) is 27.5 Å². The monoisotopic (exact) mass is 284 g/mol. The molecule has 5 heteroatoms. The summed E-state index contributed by atoms with van der Waals surface area (Å²) in [5.41, 5.74) is 0.442. The van der Waals surface area contributed by atoms with E-state index in [0.717, 1.165) is 0 Å². The molecule has 0 bridgehead atoms. The minimum Gasteiger partial charge on any atom is -0.341 e. The van der Waals surface area contributed by atoms with Gasteiger partial charge in [0.2, 0.25) is 0 Å². The summed E-state index contributed by atoms with van der Waals surface area (Å²) in [5.74, 6) is 0.667. The molecule has 1 atom stereocenters. The van der Waals surface area contributed by atoms with Crippen LogP contribution in [0.3, 0.4) is 0 Å². The summed E-state index contributed by atoms with van der Waals surface area (Å²) < 4.78 is 14.3. The smallest absolute Gasteiger partial charge is 0.171 e. The van der Waals surface area contributed by atoms with Crippen LogP contribution in [0.2, 0.25) is 0 Å². The van der Waals surface area contributed by atoms with E-state index in [4.69, 9.17) is 0 Å². The van der Waals surface area contributed by atoms with Gasteiger partial charge in [-0.15, -0.1) is 0 Å². The van der Waals surface area contributed by atoms with Crippen LogP contribution in [0.25, 0.3) is 0 Å². The fourth-order valence-corrected chi connectivity index (χ4v) is 1.92. The molecule has 2 rings (SSSR count). The zero-order chi connectivity index (χ0) is 11.7. The molecule has 1 aliphatic heterocycles. The molecule has 0 aliphatic carbocycles. The van der Waals surface area contributed by atoms with Crippen molar-refractivity contribution in [3.05, 3.63) is 35.0 Å². The molecule has 1 unspecified atom stereocenters. The summed E-state index contributed by atoms with van der Waals surface area (Å²) in [6.07, 6.45) is 1.54. The van der Waals surface area contributed by atoms with Gasteiger partial charge in [-0.3, -0.25) is 4.79 Å². The molecule has 84 valence electrons. The number of anilines is 1. The quantitative estimate of drug-likeness (QED) is 0.800. The van der Waals surface area contributed by atoms with Crippen LogP contribution >= 0.6 is 15.9 Å². The van der Waals surface area contributed by atoms with Gasteiger partial charge in [0.25, 0.3) is 0 Å². The summed E-state index contributed by atoms with van der Waals surface area (Å²) >= 11 is 3.25. The maximum Gasteiger partial charge on any atom is 0.171 e. The molecular weight excluding hydrogens is 275 g/mol. The second-order valence-corrected chi connectivity index (χ2v) is 4.51. The van der Waals surface area contributed by atoms with Crippen molar-refractivity contribution in [1.82, 2.24) is 4.98 Å². The molecule has 2 heterocycles. The van der Waals surface area contributed by atoms with Crippen LogP contribution in [0.5, 0.6) is 0 Å². The number of halogens is 2. The Bertz CT molecular complexity index is 442. The summed E-state index contributed by atoms with van der Waals surface area (Å²) in [6.45, 7) is 4.04. The van der Waals surface area contributed by atoms with Gasteiger partial charge >= 0.3 is 0 Å². The van der Waals surface area contributed by atoms with E-state index >= 15 is 0 Å². The Kier molecular flexibility index (Phi) is 3.05. The normalized spacial score (nSPS) is 16.9. The van der Waals surface area contributed by atoms with Gasteiger partial charge in [-0.1, -0.05) is 12.7 Å². The lowest BCUT2D eigenvalue weighted by Gasteiger charge is -2.32. The first kappa shape index (κ1) is 11.3. The molecule has 0 N–H and O–H groups in total. The van der Waals surface area contributed by atoms with Crippen LogP contribution in [0.1, 0.15) is 11.7 Å². The Hall–Kier alpha value is -1.23. The molecule has 1 aromatic heterocycles. The summed E-state index contributed by atoms with van der Waals surface area (Å²) in [6, 6.07) is 1.66. The molecule has 3 nitrogen and oxygen atoms in total. The number of carbonyl (C=O) groups excluding carboxylic acids is 1. The van der Waals surface area contributed by atoms with Crippen molar-refractivity contribution >= 4 is 27.5 Å². The minimum absolute atomic E-state index is 0.143. The van der Waals surface area contributed by atoms with Crippen molar-refractivity contribution in [2.75, 3.05) is 18.0 Å². The lowest BCUT2D eigenvalue weighted by molar-refractivity contribution is -0.119. The number of allylic oxidation sites excluding steroid dienone is 1. The summed E-state index contributed by atoms with van der Waals surface area (Å²) in [4.78, 5) is 16.8. The number of pyridine rings is 1. The molecule has 1 saturated heterocycles. The van der Waals surface area contributed by atoms with E-state index < -0.39 is 6.17 Å². The molecule has 16 heavy (non-hydrogen) atoms. The third-order valence-electron chi connectivity index (χ3n) is 2.40. The highest BCUT2D eigenvalue weighted by Gasteiger charge is 2.28. The first-order valence-electron chi connectivity index (χ1n) is 4.80. The minimum atomic E-state index is -1.27. The standard InChI is InChI=1S/C11H10BrFN2O/c1-2-10(13)9-3-7(12)4-14-11(9)15-5-8(16)6-15/h2-4,10H,1,5-6H2. The molecule has 0 amide bonds. The number of aromatic nitrogens is 1. The zero-order valence-corrected chi connectivity index (χ0v) is 10.1. The number of carbonyl (C=O) groups is 1. The van der Waals surface area contributed by atoms with E-state index in [1.54, 1.807) is 17.2 Å². The number of hydrogen-bond donors (Lipinski definition) is 0. The maximum atomic E-state index is 13.6. The molecule has 0 radical (unpaired) electrons. The van der Waals surface area contributed by atoms with Crippen molar-refractivity contribution in [3.63, 3.8) is 0 Å². The third-order valence-corrected chi connectivity index (χ3v) is 2.83. The Labute approximate surface area is 101 Å². The van der Waals surface area contributed by atoms with Gasteiger partial charge in [-0.2, -0.15) is 0 Å². The highest BCUT2D eigenvalue weighted by atomic mass is 79.9. The predicted molar refractivity (Wildman–Crippen MR) is 63.2 cm³/mol. The molecule has 1 aromatic rings. The molecule has 0 saturated carbocycles. The van der Waals surface area contributed by atoms with E-state index in [0.29, 0.717) is 28.9 Å². The second kappa shape index (κ2) is 4.33. The van der Waals surface area contributed by atoms with Crippen LogP contribution in [-0.2, 0) is 4.79 Å². The van der Waals surface area contributed by atoms with Crippen molar-refractivity contribution in [2.45, 2.75) is 6.17 Å². The molecule has 0 spiro atoms. The highest BCUT2D eigenvalue weighted by molar-refractivity contribution is 9.10. The van der Waals surface area contributed by atoms with E-state index in [1.807, 2.05) is 0 Å². The van der Waals surface area contributed by atoms with Gasteiger partial charge in [0.1, 0.15) is 12.0 Å². The van der Waals surface area contributed by atoms with Crippen LogP contribution in [0.4, 0.5) is 10.2 Å². The number of hydrogen-bond acceptors (Lipinski definition) is 3. The van der Waals surface area contributed by atoms with Gasteiger partial charge in [0, 0.05) is 16.2 Å². The summed E-state index contributed by atoms with van der Waals surface area (Å²) in [7, 11) is 0. The fraction of sp³-hybridized carbons (Fsp3) is 0.273. The van der Waals surface area contributed by atoms with Gasteiger partial charge in [-0.25, -0.2) is 9.37 Å². The molecule has 1 aliphatic rings. The largest absolute Gasteiger partial charge is 0.341 e. The number of alkyl halides is 1. The molecular formula is C11H10BrFN2O. The van der Waals surface area contributed by atoms with Crippen LogP contribution in [-0.4, -0.2) is 23.9 Å². The van der Waals surface area contributed by atoms with Crippen molar-refractivity contribution in [1.29, 1.82) is 0 Å². The zero-order valence-electron chi connectivity index (χ0n) is 8.49. The Morgan fingerprint density at radius 2 is 2.31 bits per heavy atom. The molecule has 1 fully saturated rings. The van der Waals surface area contributed by atoms with E-state index in [-0.39, 0.29) is 5.78 Å². The Morgan fingerprint density at radius 3 is 2.88 bits per heavy atom. The first-order valence-corrected chi connectivity index (χ1v) is 5.60.